The van der Waals surface area contributed by atoms with Gasteiger partial charge in [0.2, 0.25) is 5.91 Å². The Hall–Kier alpha value is -1.75. The first-order chi connectivity index (χ1) is 11.9. The monoisotopic (exact) mass is 379 g/mol. The van der Waals surface area contributed by atoms with Crippen LogP contribution in [-0.4, -0.2) is 23.4 Å². The number of carbonyl (C=O) groups is 1. The summed E-state index contributed by atoms with van der Waals surface area (Å²) in [6.45, 7) is 5.49. The van der Waals surface area contributed by atoms with Gasteiger partial charge in [-0.3, -0.25) is 9.69 Å². The summed E-state index contributed by atoms with van der Waals surface area (Å²) in [4.78, 5) is 14.8. The van der Waals surface area contributed by atoms with Gasteiger partial charge >= 0.3 is 0 Å². The first kappa shape index (κ1) is 19.6. The van der Waals surface area contributed by atoms with E-state index >= 15 is 0 Å². The molecule has 0 aliphatic heterocycles. The van der Waals surface area contributed by atoms with Gasteiger partial charge in [0, 0.05) is 11.6 Å². The van der Waals surface area contributed by atoms with Crippen molar-refractivity contribution < 1.29 is 4.79 Å². The van der Waals surface area contributed by atoms with E-state index in [0.717, 1.165) is 13.0 Å². The molecule has 2 rings (SSSR count). The topological polar surface area (TPSA) is 58.4 Å². The van der Waals surface area contributed by atoms with Gasteiger partial charge in [0.25, 0.3) is 0 Å². The fourth-order valence-corrected chi connectivity index (χ4v) is 3.19. The third kappa shape index (κ3) is 5.36. The zero-order valence-corrected chi connectivity index (χ0v) is 15.9. The largest absolute Gasteiger partial charge is 0.397 e. The number of anilines is 2. The van der Waals surface area contributed by atoms with E-state index in [1.54, 1.807) is 12.1 Å². The second kappa shape index (κ2) is 9.09. The highest BCUT2D eigenvalue weighted by Crippen LogP contribution is 2.32. The summed E-state index contributed by atoms with van der Waals surface area (Å²) in [6, 6.07) is 12.9. The number of amides is 1. The molecule has 2 aromatic carbocycles. The SMILES string of the molecule is CCCN(Cc1ccccc1)C(C)C(=O)Nc1c(N)cc(Cl)cc1Cl. The van der Waals surface area contributed by atoms with Crippen molar-refractivity contribution in [2.45, 2.75) is 32.9 Å². The molecule has 0 bridgehead atoms. The average molecular weight is 380 g/mol. The fraction of sp³-hybridized carbons (Fsp3) is 0.316. The van der Waals surface area contributed by atoms with Crippen molar-refractivity contribution >= 4 is 40.5 Å². The lowest BCUT2D eigenvalue weighted by Crippen LogP contribution is -2.42. The second-order valence-electron chi connectivity index (χ2n) is 5.97. The Bertz CT molecular complexity index is 699. The summed E-state index contributed by atoms with van der Waals surface area (Å²) in [6.07, 6.45) is 0.953. The quantitative estimate of drug-likeness (QED) is 0.678. The number of hydrogen-bond acceptors (Lipinski definition) is 3. The van der Waals surface area contributed by atoms with E-state index in [0.29, 0.717) is 28.0 Å². The first-order valence-corrected chi connectivity index (χ1v) is 9.01. The van der Waals surface area contributed by atoms with Crippen molar-refractivity contribution in [1.82, 2.24) is 4.90 Å². The summed E-state index contributed by atoms with van der Waals surface area (Å²) in [5, 5.41) is 3.60. The van der Waals surface area contributed by atoms with Crippen molar-refractivity contribution in [2.75, 3.05) is 17.6 Å². The highest BCUT2D eigenvalue weighted by Gasteiger charge is 2.22. The molecule has 0 saturated heterocycles. The molecule has 134 valence electrons. The molecule has 1 amide bonds. The predicted octanol–water partition coefficient (Wildman–Crippen LogP) is 4.81. The lowest BCUT2D eigenvalue weighted by atomic mass is 10.1. The summed E-state index contributed by atoms with van der Waals surface area (Å²) in [5.41, 5.74) is 7.85. The summed E-state index contributed by atoms with van der Waals surface area (Å²) in [5.74, 6) is -0.152. The predicted molar refractivity (Wildman–Crippen MR) is 106 cm³/mol. The van der Waals surface area contributed by atoms with E-state index < -0.39 is 0 Å². The van der Waals surface area contributed by atoms with Gasteiger partial charge in [-0.25, -0.2) is 0 Å². The highest BCUT2D eigenvalue weighted by atomic mass is 35.5. The van der Waals surface area contributed by atoms with Gasteiger partial charge in [-0.05, 0) is 37.6 Å². The van der Waals surface area contributed by atoms with Crippen molar-refractivity contribution in [3.63, 3.8) is 0 Å². The van der Waals surface area contributed by atoms with Crippen LogP contribution in [0.3, 0.4) is 0 Å². The Morgan fingerprint density at radius 1 is 1.24 bits per heavy atom. The first-order valence-electron chi connectivity index (χ1n) is 8.25. The zero-order valence-electron chi connectivity index (χ0n) is 14.4. The van der Waals surface area contributed by atoms with Gasteiger partial charge in [-0.2, -0.15) is 0 Å². The third-order valence-electron chi connectivity index (χ3n) is 4.00. The maximum Gasteiger partial charge on any atom is 0.241 e. The molecule has 0 heterocycles. The molecule has 1 atom stereocenters. The smallest absolute Gasteiger partial charge is 0.241 e. The number of hydrogen-bond donors (Lipinski definition) is 2. The average Bonchev–Trinajstić information content (AvgIpc) is 2.57. The van der Waals surface area contributed by atoms with Crippen molar-refractivity contribution in [2.24, 2.45) is 0 Å². The maximum atomic E-state index is 12.7. The summed E-state index contributed by atoms with van der Waals surface area (Å²) >= 11 is 12.1. The molecule has 0 aliphatic carbocycles. The molecule has 0 radical (unpaired) electrons. The van der Waals surface area contributed by atoms with Gasteiger partial charge < -0.3 is 11.1 Å². The van der Waals surface area contributed by atoms with Gasteiger partial charge in [0.05, 0.1) is 22.4 Å². The molecular weight excluding hydrogens is 357 g/mol. The van der Waals surface area contributed by atoms with E-state index in [4.69, 9.17) is 28.9 Å². The van der Waals surface area contributed by atoms with Crippen LogP contribution < -0.4 is 11.1 Å². The number of halogens is 2. The zero-order chi connectivity index (χ0) is 18.4. The number of rotatable bonds is 7. The Balaban J connectivity index is 2.13. The van der Waals surface area contributed by atoms with Gasteiger partial charge in [0.15, 0.2) is 0 Å². The minimum Gasteiger partial charge on any atom is -0.397 e. The molecule has 4 nitrogen and oxygen atoms in total. The van der Waals surface area contributed by atoms with E-state index in [9.17, 15) is 4.79 Å². The van der Waals surface area contributed by atoms with Crippen LogP contribution in [0.5, 0.6) is 0 Å². The number of carbonyl (C=O) groups excluding carboxylic acids is 1. The molecule has 0 spiro atoms. The third-order valence-corrected chi connectivity index (χ3v) is 4.52. The lowest BCUT2D eigenvalue weighted by Gasteiger charge is -2.28. The normalized spacial score (nSPS) is 12.2. The summed E-state index contributed by atoms with van der Waals surface area (Å²) in [7, 11) is 0. The van der Waals surface area contributed by atoms with Gasteiger partial charge in [-0.15, -0.1) is 0 Å². The molecule has 1 unspecified atom stereocenters. The number of nitrogens with zero attached hydrogens (tertiary/aromatic N) is 1. The molecule has 0 aromatic heterocycles. The fourth-order valence-electron chi connectivity index (χ4n) is 2.63. The minimum absolute atomic E-state index is 0.152. The Morgan fingerprint density at radius 2 is 1.92 bits per heavy atom. The molecule has 6 heteroatoms. The second-order valence-corrected chi connectivity index (χ2v) is 6.82. The number of nitrogen functional groups attached to an aromatic ring is 1. The van der Waals surface area contributed by atoms with Gasteiger partial charge in [-0.1, -0.05) is 60.5 Å². The van der Waals surface area contributed by atoms with Crippen LogP contribution in [0.25, 0.3) is 0 Å². The molecule has 3 N–H and O–H groups in total. The van der Waals surface area contributed by atoms with Gasteiger partial charge in [0.1, 0.15) is 0 Å². The van der Waals surface area contributed by atoms with Crippen molar-refractivity contribution in [1.29, 1.82) is 0 Å². The lowest BCUT2D eigenvalue weighted by molar-refractivity contribution is -0.121. The van der Waals surface area contributed by atoms with E-state index in [2.05, 4.69) is 29.3 Å². The van der Waals surface area contributed by atoms with Crippen molar-refractivity contribution in [3.8, 4) is 0 Å². The van der Waals surface area contributed by atoms with Crippen LogP contribution >= 0.6 is 23.2 Å². The van der Waals surface area contributed by atoms with Crippen LogP contribution in [0.15, 0.2) is 42.5 Å². The van der Waals surface area contributed by atoms with E-state index in [-0.39, 0.29) is 11.9 Å². The molecule has 0 aliphatic rings. The maximum absolute atomic E-state index is 12.7. The highest BCUT2D eigenvalue weighted by molar-refractivity contribution is 6.37. The summed E-state index contributed by atoms with van der Waals surface area (Å²) < 4.78 is 0. The molecule has 2 aromatic rings. The number of nitrogens with one attached hydrogen (secondary N) is 1. The Kier molecular flexibility index (Phi) is 7.12. The van der Waals surface area contributed by atoms with Crippen LogP contribution in [-0.2, 0) is 11.3 Å². The van der Waals surface area contributed by atoms with E-state index in [1.807, 2.05) is 25.1 Å². The standard InChI is InChI=1S/C19H23Cl2N3O/c1-3-9-24(12-14-7-5-4-6-8-14)13(2)19(25)23-18-16(21)10-15(20)11-17(18)22/h4-8,10-11,13H,3,9,12,22H2,1-2H3,(H,23,25). The molecular formula is C19H23Cl2N3O. The molecule has 0 saturated carbocycles. The van der Waals surface area contributed by atoms with Crippen LogP contribution in [0.2, 0.25) is 10.0 Å². The van der Waals surface area contributed by atoms with E-state index in [1.165, 1.54) is 5.56 Å². The molecule has 25 heavy (non-hydrogen) atoms. The Labute approximate surface area is 158 Å². The van der Waals surface area contributed by atoms with Crippen molar-refractivity contribution in [3.05, 3.63) is 58.1 Å². The van der Waals surface area contributed by atoms with Crippen LogP contribution in [0.1, 0.15) is 25.8 Å². The Morgan fingerprint density at radius 3 is 2.52 bits per heavy atom. The number of nitrogens with two attached hydrogens (primary N) is 1. The minimum atomic E-state index is -0.327. The van der Waals surface area contributed by atoms with Crippen LogP contribution in [0.4, 0.5) is 11.4 Å². The molecule has 0 fully saturated rings. The number of benzene rings is 2. The van der Waals surface area contributed by atoms with Crippen LogP contribution in [0, 0.1) is 0 Å².